The van der Waals surface area contributed by atoms with Crippen LogP contribution in [0.5, 0.6) is 0 Å². The van der Waals surface area contributed by atoms with E-state index in [0.29, 0.717) is 28.1 Å². The highest BCUT2D eigenvalue weighted by molar-refractivity contribution is 9.18. The van der Waals surface area contributed by atoms with Crippen molar-refractivity contribution in [1.29, 1.82) is 0 Å². The molecule has 1 aliphatic heterocycles. The van der Waals surface area contributed by atoms with Crippen LogP contribution in [0.2, 0.25) is 0 Å². The third-order valence-corrected chi connectivity index (χ3v) is 4.02. The number of hydrogen-bond donors (Lipinski definition) is 1. The SMILES string of the molecule is Cc1cnc([C@H]2CC(Br)=NO2)cc1Nc1cccc(C(F)(F)F)c1. The Kier molecular flexibility index (Phi) is 4.49. The molecule has 1 aliphatic rings. The minimum atomic E-state index is -4.38. The van der Waals surface area contributed by atoms with Crippen molar-refractivity contribution in [3.8, 4) is 0 Å². The summed E-state index contributed by atoms with van der Waals surface area (Å²) >= 11 is 3.26. The molecule has 3 rings (SSSR count). The number of nitrogens with zero attached hydrogens (tertiary/aromatic N) is 2. The molecule has 0 aliphatic carbocycles. The molecule has 1 atom stereocenters. The molecular formula is C16H13BrF3N3O. The maximum Gasteiger partial charge on any atom is 0.416 e. The number of benzene rings is 1. The van der Waals surface area contributed by atoms with Crippen molar-refractivity contribution in [3.63, 3.8) is 0 Å². The lowest BCUT2D eigenvalue weighted by atomic mass is 10.1. The standard InChI is InChI=1S/C16H13BrF3N3O/c1-9-8-21-13(14-7-15(17)23-24-14)6-12(9)22-11-4-2-3-10(5-11)16(18,19)20/h2-6,8,14H,7H2,1H3,(H,21,22)/t14-/m1/s1. The summed E-state index contributed by atoms with van der Waals surface area (Å²) in [7, 11) is 0. The molecule has 0 radical (unpaired) electrons. The highest BCUT2D eigenvalue weighted by Crippen LogP contribution is 2.33. The van der Waals surface area contributed by atoms with Crippen molar-refractivity contribution in [3.05, 3.63) is 53.3 Å². The maximum atomic E-state index is 12.8. The van der Waals surface area contributed by atoms with Crippen LogP contribution in [0.4, 0.5) is 24.5 Å². The molecule has 0 fully saturated rings. The fourth-order valence-corrected chi connectivity index (χ4v) is 2.66. The van der Waals surface area contributed by atoms with Crippen LogP contribution >= 0.6 is 15.9 Å². The van der Waals surface area contributed by atoms with E-state index in [1.165, 1.54) is 6.07 Å². The first-order valence-electron chi connectivity index (χ1n) is 7.12. The van der Waals surface area contributed by atoms with E-state index in [9.17, 15) is 13.2 Å². The van der Waals surface area contributed by atoms with Crippen molar-refractivity contribution in [2.45, 2.75) is 25.6 Å². The second-order valence-corrected chi connectivity index (χ2v) is 6.31. The van der Waals surface area contributed by atoms with Crippen LogP contribution in [0, 0.1) is 6.92 Å². The highest BCUT2D eigenvalue weighted by Gasteiger charge is 2.30. The van der Waals surface area contributed by atoms with Crippen LogP contribution in [0.1, 0.15) is 29.3 Å². The summed E-state index contributed by atoms with van der Waals surface area (Å²) in [6.07, 6.45) is -2.46. The zero-order valence-electron chi connectivity index (χ0n) is 12.6. The van der Waals surface area contributed by atoms with Gasteiger partial charge in [0.05, 0.1) is 11.3 Å². The number of hydrogen-bond acceptors (Lipinski definition) is 4. The Balaban J connectivity index is 1.85. The Morgan fingerprint density at radius 3 is 2.75 bits per heavy atom. The lowest BCUT2D eigenvalue weighted by molar-refractivity contribution is -0.137. The topological polar surface area (TPSA) is 46.5 Å². The number of rotatable bonds is 3. The third-order valence-electron chi connectivity index (χ3n) is 3.56. The van der Waals surface area contributed by atoms with Gasteiger partial charge in [0.25, 0.3) is 0 Å². The van der Waals surface area contributed by atoms with Crippen LogP contribution in [0.25, 0.3) is 0 Å². The minimum absolute atomic E-state index is 0.304. The smallest absolute Gasteiger partial charge is 0.385 e. The predicted octanol–water partition coefficient (Wildman–Crippen LogP) is 5.32. The average Bonchev–Trinajstić information content (AvgIpc) is 2.95. The Morgan fingerprint density at radius 1 is 1.29 bits per heavy atom. The van der Waals surface area contributed by atoms with Crippen molar-refractivity contribution in [1.82, 2.24) is 4.98 Å². The summed E-state index contributed by atoms with van der Waals surface area (Å²) in [5, 5.41) is 6.83. The predicted molar refractivity (Wildman–Crippen MR) is 88.5 cm³/mol. The minimum Gasteiger partial charge on any atom is -0.385 e. The van der Waals surface area contributed by atoms with Gasteiger partial charge < -0.3 is 10.2 Å². The van der Waals surface area contributed by atoms with E-state index >= 15 is 0 Å². The second kappa shape index (κ2) is 6.43. The number of oxime groups is 1. The fraction of sp³-hybridized carbons (Fsp3) is 0.250. The Hall–Kier alpha value is -2.09. The average molecular weight is 400 g/mol. The first-order valence-corrected chi connectivity index (χ1v) is 7.91. The molecule has 0 saturated carbocycles. The molecule has 126 valence electrons. The summed E-state index contributed by atoms with van der Waals surface area (Å²) in [5.41, 5.74) is 1.80. The molecule has 2 aromatic rings. The summed E-state index contributed by atoms with van der Waals surface area (Å²) in [6, 6.07) is 6.83. The number of alkyl halides is 3. The summed E-state index contributed by atoms with van der Waals surface area (Å²) in [5.74, 6) is 0. The van der Waals surface area contributed by atoms with E-state index in [4.69, 9.17) is 4.84 Å². The van der Waals surface area contributed by atoms with E-state index in [1.54, 1.807) is 18.3 Å². The zero-order chi connectivity index (χ0) is 17.3. The first-order chi connectivity index (χ1) is 11.3. The number of aryl methyl sites for hydroxylation is 1. The molecule has 8 heteroatoms. The van der Waals surface area contributed by atoms with E-state index in [-0.39, 0.29) is 6.10 Å². The number of halogens is 4. The van der Waals surface area contributed by atoms with Crippen LogP contribution < -0.4 is 5.32 Å². The molecule has 0 bridgehead atoms. The van der Waals surface area contributed by atoms with Crippen molar-refractivity contribution in [2.75, 3.05) is 5.32 Å². The molecule has 0 saturated heterocycles. The third kappa shape index (κ3) is 3.69. The number of nitrogens with one attached hydrogen (secondary N) is 1. The van der Waals surface area contributed by atoms with Gasteiger partial charge in [-0.25, -0.2) is 0 Å². The van der Waals surface area contributed by atoms with E-state index in [2.05, 4.69) is 31.4 Å². The van der Waals surface area contributed by atoms with Crippen molar-refractivity contribution < 1.29 is 18.0 Å². The van der Waals surface area contributed by atoms with Gasteiger partial charge in [0, 0.05) is 24.0 Å². The quantitative estimate of drug-likeness (QED) is 0.759. The molecule has 0 amide bonds. The molecular weight excluding hydrogens is 387 g/mol. The van der Waals surface area contributed by atoms with Gasteiger partial charge in [-0.1, -0.05) is 11.2 Å². The van der Waals surface area contributed by atoms with Gasteiger partial charge in [0.2, 0.25) is 0 Å². The van der Waals surface area contributed by atoms with Gasteiger partial charge in [0.1, 0.15) is 4.62 Å². The molecule has 1 aromatic heterocycles. The van der Waals surface area contributed by atoms with E-state index in [1.807, 2.05) is 6.92 Å². The molecule has 2 heterocycles. The Bertz CT molecular complexity index is 792. The zero-order valence-corrected chi connectivity index (χ0v) is 14.1. The molecule has 24 heavy (non-hydrogen) atoms. The van der Waals surface area contributed by atoms with Crippen LogP contribution in [-0.2, 0) is 11.0 Å². The summed E-state index contributed by atoms with van der Waals surface area (Å²) in [6.45, 7) is 1.83. The number of aromatic nitrogens is 1. The lowest BCUT2D eigenvalue weighted by Crippen LogP contribution is -2.06. The lowest BCUT2D eigenvalue weighted by Gasteiger charge is -2.14. The monoisotopic (exact) mass is 399 g/mol. The Labute approximate surface area is 144 Å². The number of anilines is 2. The number of pyridine rings is 1. The summed E-state index contributed by atoms with van der Waals surface area (Å²) < 4.78 is 39.2. The molecule has 0 spiro atoms. The maximum absolute atomic E-state index is 12.8. The van der Waals surface area contributed by atoms with Crippen LogP contribution in [0.15, 0.2) is 41.7 Å². The van der Waals surface area contributed by atoms with Gasteiger partial charge in [0.15, 0.2) is 6.10 Å². The summed E-state index contributed by atoms with van der Waals surface area (Å²) in [4.78, 5) is 9.58. The van der Waals surface area contributed by atoms with Gasteiger partial charge in [-0.05, 0) is 52.7 Å². The van der Waals surface area contributed by atoms with Crippen molar-refractivity contribution in [2.24, 2.45) is 5.16 Å². The fourth-order valence-electron chi connectivity index (χ4n) is 2.29. The first kappa shape index (κ1) is 16.8. The van der Waals surface area contributed by atoms with Gasteiger partial charge >= 0.3 is 6.18 Å². The van der Waals surface area contributed by atoms with Gasteiger partial charge in [-0.2, -0.15) is 13.2 Å². The van der Waals surface area contributed by atoms with Crippen LogP contribution in [0.3, 0.4) is 0 Å². The molecule has 1 aromatic carbocycles. The Morgan fingerprint density at radius 2 is 2.08 bits per heavy atom. The largest absolute Gasteiger partial charge is 0.416 e. The van der Waals surface area contributed by atoms with Gasteiger partial charge in [-0.3, -0.25) is 4.98 Å². The second-order valence-electron chi connectivity index (χ2n) is 5.39. The molecule has 4 nitrogen and oxygen atoms in total. The van der Waals surface area contributed by atoms with Crippen LogP contribution in [-0.4, -0.2) is 9.60 Å². The van der Waals surface area contributed by atoms with E-state index in [0.717, 1.165) is 17.7 Å². The molecule has 0 unspecified atom stereocenters. The van der Waals surface area contributed by atoms with Gasteiger partial charge in [-0.15, -0.1) is 0 Å². The van der Waals surface area contributed by atoms with Crippen molar-refractivity contribution >= 4 is 31.9 Å². The van der Waals surface area contributed by atoms with E-state index < -0.39 is 11.7 Å². The molecule has 1 N–H and O–H groups in total. The normalized spacial score (nSPS) is 17.4. The highest BCUT2D eigenvalue weighted by atomic mass is 79.9.